The fourth-order valence-corrected chi connectivity index (χ4v) is 3.49. The fraction of sp³-hybridized carbons (Fsp3) is 0.250. The third kappa shape index (κ3) is 3.59. The lowest BCUT2D eigenvalue weighted by Crippen LogP contribution is -2.35. The molecule has 27 heavy (non-hydrogen) atoms. The molecule has 1 amide bonds. The van der Waals surface area contributed by atoms with Crippen LogP contribution in [0.1, 0.15) is 26.3 Å². The van der Waals surface area contributed by atoms with Crippen molar-refractivity contribution in [3.05, 3.63) is 70.2 Å². The molecule has 2 N–H and O–H groups in total. The van der Waals surface area contributed by atoms with Gasteiger partial charge in [0.1, 0.15) is 6.10 Å². The van der Waals surface area contributed by atoms with Crippen LogP contribution in [0.25, 0.3) is 0 Å². The van der Waals surface area contributed by atoms with Crippen LogP contribution in [0.3, 0.4) is 0 Å². The van der Waals surface area contributed by atoms with Gasteiger partial charge in [-0.3, -0.25) is 9.59 Å². The lowest BCUT2D eigenvalue weighted by atomic mass is 9.97. The van der Waals surface area contributed by atoms with Gasteiger partial charge in [0.25, 0.3) is 5.91 Å². The quantitative estimate of drug-likeness (QED) is 0.776. The monoisotopic (exact) mass is 383 g/mol. The van der Waals surface area contributed by atoms with Crippen molar-refractivity contribution in [3.63, 3.8) is 0 Å². The van der Waals surface area contributed by atoms with Crippen LogP contribution in [0.4, 0.5) is 0 Å². The smallest absolute Gasteiger partial charge is 0.252 e. The predicted molar refractivity (Wildman–Crippen MR) is 102 cm³/mol. The van der Waals surface area contributed by atoms with Crippen LogP contribution in [0.5, 0.6) is 0 Å². The second-order valence-corrected chi connectivity index (χ2v) is 6.99. The molecule has 2 unspecified atom stereocenters. The fourth-order valence-electron chi connectivity index (χ4n) is 3.37. The molecular weight excluding hydrogens is 366 g/mol. The number of halogens is 1. The molecular formula is C20H18ClN3O3. The molecule has 0 radical (unpaired) electrons. The number of rotatable bonds is 5. The lowest BCUT2D eigenvalue weighted by Gasteiger charge is -2.11. The molecule has 6 nitrogen and oxygen atoms in total. The number of fused-ring (bicyclic) bond motifs is 1. The first kappa shape index (κ1) is 17.7. The van der Waals surface area contributed by atoms with Crippen LogP contribution in [-0.2, 0) is 4.84 Å². The Morgan fingerprint density at radius 1 is 1.11 bits per heavy atom. The van der Waals surface area contributed by atoms with Gasteiger partial charge in [-0.25, -0.2) is 0 Å². The number of ketones is 1. The molecule has 7 heteroatoms. The van der Waals surface area contributed by atoms with E-state index in [1.54, 1.807) is 48.5 Å². The van der Waals surface area contributed by atoms with E-state index in [1.165, 1.54) is 0 Å². The number of hydrogen-bond donors (Lipinski definition) is 2. The van der Waals surface area contributed by atoms with Crippen molar-refractivity contribution in [3.8, 4) is 0 Å². The van der Waals surface area contributed by atoms with Crippen molar-refractivity contribution in [1.82, 2.24) is 10.6 Å². The molecule has 0 saturated carbocycles. The Hall–Kier alpha value is -2.70. The molecule has 138 valence electrons. The Balaban J connectivity index is 1.49. The first-order valence-electron chi connectivity index (χ1n) is 8.74. The number of oxime groups is 1. The van der Waals surface area contributed by atoms with Crippen LogP contribution in [0, 0.1) is 5.92 Å². The van der Waals surface area contributed by atoms with Crippen molar-refractivity contribution >= 4 is 29.0 Å². The summed E-state index contributed by atoms with van der Waals surface area (Å²) in [5.74, 6) is -0.347. The molecule has 2 atom stereocenters. The second kappa shape index (κ2) is 7.50. The number of hydrogen-bond acceptors (Lipinski definition) is 5. The van der Waals surface area contributed by atoms with Crippen molar-refractivity contribution in [2.45, 2.75) is 6.10 Å². The summed E-state index contributed by atoms with van der Waals surface area (Å²) in [5.41, 5.74) is 1.98. The van der Waals surface area contributed by atoms with Crippen LogP contribution in [-0.4, -0.2) is 43.1 Å². The molecule has 1 fully saturated rings. The normalized spacial score (nSPS) is 20.6. The summed E-state index contributed by atoms with van der Waals surface area (Å²) in [4.78, 5) is 30.9. The van der Waals surface area contributed by atoms with Gasteiger partial charge < -0.3 is 15.5 Å². The molecule has 2 aromatic carbocycles. The minimum absolute atomic E-state index is 0.0515. The van der Waals surface area contributed by atoms with Crippen LogP contribution in [0.15, 0.2) is 53.7 Å². The Labute approximate surface area is 161 Å². The molecule has 0 spiro atoms. The third-order valence-electron chi connectivity index (χ3n) is 4.84. The summed E-state index contributed by atoms with van der Waals surface area (Å²) in [7, 11) is 0. The number of benzene rings is 2. The molecule has 0 aromatic heterocycles. The van der Waals surface area contributed by atoms with Crippen LogP contribution >= 0.6 is 11.6 Å². The molecule has 2 heterocycles. The maximum Gasteiger partial charge on any atom is 0.252 e. The molecule has 0 bridgehead atoms. The van der Waals surface area contributed by atoms with E-state index in [0.717, 1.165) is 18.8 Å². The first-order valence-corrected chi connectivity index (χ1v) is 9.12. The molecule has 4 rings (SSSR count). The first-order chi connectivity index (χ1) is 13.1. The zero-order valence-electron chi connectivity index (χ0n) is 14.4. The number of nitrogens with zero attached hydrogens (tertiary/aromatic N) is 1. The number of nitrogens with one attached hydrogen (secondary N) is 2. The van der Waals surface area contributed by atoms with Crippen LogP contribution in [0.2, 0.25) is 5.02 Å². The highest BCUT2D eigenvalue weighted by Gasteiger charge is 2.37. The largest absolute Gasteiger partial charge is 0.390 e. The SMILES string of the molecule is O=C(NCC1=NOC2CNCC12)c1ccccc1C(=O)c1ccc(Cl)cc1. The van der Waals surface area contributed by atoms with Crippen LogP contribution < -0.4 is 10.6 Å². The molecule has 0 aliphatic carbocycles. The summed E-state index contributed by atoms with van der Waals surface area (Å²) in [6, 6.07) is 13.4. The highest BCUT2D eigenvalue weighted by atomic mass is 35.5. The Morgan fingerprint density at radius 2 is 1.85 bits per heavy atom. The Morgan fingerprint density at radius 3 is 2.63 bits per heavy atom. The molecule has 1 saturated heterocycles. The summed E-state index contributed by atoms with van der Waals surface area (Å²) < 4.78 is 0. The van der Waals surface area contributed by atoms with Gasteiger partial charge in [-0.15, -0.1) is 0 Å². The van der Waals surface area contributed by atoms with Crippen molar-refractivity contribution in [2.24, 2.45) is 11.1 Å². The summed E-state index contributed by atoms with van der Waals surface area (Å²) in [6.07, 6.45) is 0.0515. The van der Waals surface area contributed by atoms with Crippen molar-refractivity contribution < 1.29 is 14.4 Å². The topological polar surface area (TPSA) is 79.8 Å². The standard InChI is InChI=1S/C20H18ClN3O3/c21-13-7-5-12(6-8-13)19(25)14-3-1-2-4-15(14)20(26)23-10-17-16-9-22-11-18(16)27-24-17/h1-8,16,18,22H,9-11H2,(H,23,26). The highest BCUT2D eigenvalue weighted by Crippen LogP contribution is 2.22. The van der Waals surface area contributed by atoms with E-state index in [1.807, 2.05) is 0 Å². The summed E-state index contributed by atoms with van der Waals surface area (Å²) >= 11 is 5.88. The average Bonchev–Trinajstić information content (AvgIpc) is 3.30. The lowest BCUT2D eigenvalue weighted by molar-refractivity contribution is 0.0841. The van der Waals surface area contributed by atoms with Crippen molar-refractivity contribution in [2.75, 3.05) is 19.6 Å². The predicted octanol–water partition coefficient (Wildman–Crippen LogP) is 2.28. The van der Waals surface area contributed by atoms with E-state index < -0.39 is 0 Å². The minimum atomic E-state index is -0.315. The minimum Gasteiger partial charge on any atom is -0.390 e. The molecule has 2 aliphatic rings. The Bertz CT molecular complexity index is 911. The van der Waals surface area contributed by atoms with E-state index in [4.69, 9.17) is 16.4 Å². The van der Waals surface area contributed by atoms with E-state index in [-0.39, 0.29) is 23.7 Å². The zero-order valence-corrected chi connectivity index (χ0v) is 15.2. The van der Waals surface area contributed by atoms with Gasteiger partial charge in [0.15, 0.2) is 5.78 Å². The van der Waals surface area contributed by atoms with Gasteiger partial charge in [-0.2, -0.15) is 0 Å². The molecule has 2 aromatic rings. The van der Waals surface area contributed by atoms with E-state index >= 15 is 0 Å². The third-order valence-corrected chi connectivity index (χ3v) is 5.10. The van der Waals surface area contributed by atoms with Gasteiger partial charge in [-0.05, 0) is 30.3 Å². The van der Waals surface area contributed by atoms with Gasteiger partial charge in [0.2, 0.25) is 0 Å². The van der Waals surface area contributed by atoms with Crippen molar-refractivity contribution in [1.29, 1.82) is 0 Å². The number of carbonyl (C=O) groups is 2. The van der Waals surface area contributed by atoms with E-state index in [2.05, 4.69) is 15.8 Å². The van der Waals surface area contributed by atoms with Gasteiger partial charge in [0.05, 0.1) is 23.7 Å². The van der Waals surface area contributed by atoms with E-state index in [9.17, 15) is 9.59 Å². The summed E-state index contributed by atoms with van der Waals surface area (Å²) in [5, 5.41) is 10.7. The summed E-state index contributed by atoms with van der Waals surface area (Å²) in [6.45, 7) is 1.86. The average molecular weight is 384 g/mol. The highest BCUT2D eigenvalue weighted by molar-refractivity contribution is 6.30. The van der Waals surface area contributed by atoms with Gasteiger partial charge in [-0.1, -0.05) is 35.0 Å². The number of amides is 1. The maximum absolute atomic E-state index is 12.8. The second-order valence-electron chi connectivity index (χ2n) is 6.56. The molecule has 2 aliphatic heterocycles. The maximum atomic E-state index is 12.8. The van der Waals surface area contributed by atoms with Gasteiger partial charge in [0, 0.05) is 29.2 Å². The zero-order chi connectivity index (χ0) is 18.8. The van der Waals surface area contributed by atoms with Gasteiger partial charge >= 0.3 is 0 Å². The van der Waals surface area contributed by atoms with E-state index in [0.29, 0.717) is 28.3 Å². The Kier molecular flexibility index (Phi) is 4.92. The number of carbonyl (C=O) groups excluding carboxylic acids is 2.